The van der Waals surface area contributed by atoms with Crippen LogP contribution < -0.4 is 10.6 Å². The molecule has 1 aliphatic rings. The minimum absolute atomic E-state index is 0.124. The maximum Gasteiger partial charge on any atom is 0.276 e. The maximum absolute atomic E-state index is 12.4. The van der Waals surface area contributed by atoms with Gasteiger partial charge in [0.2, 0.25) is 5.91 Å². The van der Waals surface area contributed by atoms with Crippen LogP contribution in [0.15, 0.2) is 24.3 Å². The van der Waals surface area contributed by atoms with Gasteiger partial charge in [0, 0.05) is 36.6 Å². The number of aromatic nitrogens is 2. The SMILES string of the molecule is CC(=O)Nc1ccc(NC(=O)c2nn(C)c3c2CCC3)cc1. The van der Waals surface area contributed by atoms with Crippen molar-refractivity contribution in [3.63, 3.8) is 0 Å². The summed E-state index contributed by atoms with van der Waals surface area (Å²) in [6, 6.07) is 7.01. The number of hydrogen-bond donors (Lipinski definition) is 2. The first kappa shape index (κ1) is 14.3. The third kappa shape index (κ3) is 2.72. The van der Waals surface area contributed by atoms with E-state index in [2.05, 4.69) is 15.7 Å². The van der Waals surface area contributed by atoms with Crippen LogP contribution in [-0.2, 0) is 24.7 Å². The van der Waals surface area contributed by atoms with Gasteiger partial charge in [-0.1, -0.05) is 0 Å². The first-order valence-electron chi connectivity index (χ1n) is 7.28. The molecule has 0 unspecified atom stereocenters. The van der Waals surface area contributed by atoms with Crippen LogP contribution in [0.25, 0.3) is 0 Å². The summed E-state index contributed by atoms with van der Waals surface area (Å²) in [6.45, 7) is 1.46. The molecule has 0 bridgehead atoms. The molecule has 1 heterocycles. The molecule has 0 radical (unpaired) electrons. The number of nitrogens with zero attached hydrogens (tertiary/aromatic N) is 2. The monoisotopic (exact) mass is 298 g/mol. The van der Waals surface area contributed by atoms with Crippen molar-refractivity contribution in [2.45, 2.75) is 26.2 Å². The largest absolute Gasteiger partial charge is 0.326 e. The van der Waals surface area contributed by atoms with Gasteiger partial charge >= 0.3 is 0 Å². The van der Waals surface area contributed by atoms with Gasteiger partial charge < -0.3 is 10.6 Å². The second kappa shape index (κ2) is 5.63. The number of aryl methyl sites for hydroxylation is 1. The van der Waals surface area contributed by atoms with Gasteiger partial charge in [0.15, 0.2) is 5.69 Å². The summed E-state index contributed by atoms with van der Waals surface area (Å²) in [7, 11) is 1.88. The molecule has 0 atom stereocenters. The molecular formula is C16H18N4O2. The Bertz CT molecular complexity index is 731. The van der Waals surface area contributed by atoms with Crippen molar-refractivity contribution in [1.29, 1.82) is 0 Å². The molecule has 6 heteroatoms. The van der Waals surface area contributed by atoms with Crippen molar-refractivity contribution < 1.29 is 9.59 Å². The van der Waals surface area contributed by atoms with Gasteiger partial charge in [0.05, 0.1) is 0 Å². The van der Waals surface area contributed by atoms with E-state index in [-0.39, 0.29) is 11.8 Å². The van der Waals surface area contributed by atoms with Gasteiger partial charge in [-0.25, -0.2) is 0 Å². The summed E-state index contributed by atoms with van der Waals surface area (Å²) in [5, 5.41) is 9.87. The van der Waals surface area contributed by atoms with Gasteiger partial charge in [-0.15, -0.1) is 0 Å². The summed E-state index contributed by atoms with van der Waals surface area (Å²) in [5.74, 6) is -0.313. The molecule has 2 amide bonds. The topological polar surface area (TPSA) is 76.0 Å². The molecule has 1 aliphatic carbocycles. The van der Waals surface area contributed by atoms with E-state index in [1.165, 1.54) is 6.92 Å². The predicted octanol–water partition coefficient (Wildman–Crippen LogP) is 2.12. The molecule has 2 aromatic rings. The lowest BCUT2D eigenvalue weighted by atomic mass is 10.2. The first-order chi connectivity index (χ1) is 10.5. The fourth-order valence-electron chi connectivity index (χ4n) is 2.82. The lowest BCUT2D eigenvalue weighted by Gasteiger charge is -2.06. The minimum atomic E-state index is -0.189. The van der Waals surface area contributed by atoms with Crippen LogP contribution in [0.5, 0.6) is 0 Å². The molecule has 0 spiro atoms. The molecule has 3 rings (SSSR count). The Morgan fingerprint density at radius 2 is 1.73 bits per heavy atom. The summed E-state index contributed by atoms with van der Waals surface area (Å²) in [6.07, 6.45) is 2.97. The van der Waals surface area contributed by atoms with E-state index in [0.29, 0.717) is 17.1 Å². The average Bonchev–Trinajstić information content (AvgIpc) is 3.05. The molecule has 6 nitrogen and oxygen atoms in total. The van der Waals surface area contributed by atoms with Crippen LogP contribution in [0.3, 0.4) is 0 Å². The Balaban J connectivity index is 1.74. The van der Waals surface area contributed by atoms with Gasteiger partial charge in [0.1, 0.15) is 0 Å². The molecule has 22 heavy (non-hydrogen) atoms. The van der Waals surface area contributed by atoms with E-state index in [1.807, 2.05) is 7.05 Å². The fraction of sp³-hybridized carbons (Fsp3) is 0.312. The zero-order valence-electron chi connectivity index (χ0n) is 12.6. The van der Waals surface area contributed by atoms with Gasteiger partial charge in [-0.2, -0.15) is 5.10 Å². The number of anilines is 2. The maximum atomic E-state index is 12.4. The Labute approximate surface area is 128 Å². The Morgan fingerprint density at radius 3 is 2.36 bits per heavy atom. The summed E-state index contributed by atoms with van der Waals surface area (Å²) in [5.41, 5.74) is 4.11. The van der Waals surface area contributed by atoms with Crippen molar-refractivity contribution in [2.75, 3.05) is 10.6 Å². The predicted molar refractivity (Wildman–Crippen MR) is 83.9 cm³/mol. The van der Waals surface area contributed by atoms with Crippen LogP contribution in [0.1, 0.15) is 35.1 Å². The lowest BCUT2D eigenvalue weighted by molar-refractivity contribution is -0.114. The van der Waals surface area contributed by atoms with Crippen molar-refractivity contribution in [3.05, 3.63) is 41.2 Å². The smallest absolute Gasteiger partial charge is 0.276 e. The number of carbonyl (C=O) groups is 2. The van der Waals surface area contributed by atoms with Crippen LogP contribution in [0.2, 0.25) is 0 Å². The van der Waals surface area contributed by atoms with Crippen LogP contribution in [0.4, 0.5) is 11.4 Å². The normalized spacial score (nSPS) is 12.8. The number of fused-ring (bicyclic) bond motifs is 1. The van der Waals surface area contributed by atoms with Crippen LogP contribution >= 0.6 is 0 Å². The highest BCUT2D eigenvalue weighted by molar-refractivity contribution is 6.04. The van der Waals surface area contributed by atoms with Crippen molar-refractivity contribution >= 4 is 23.2 Å². The second-order valence-corrected chi connectivity index (χ2v) is 5.46. The summed E-state index contributed by atoms with van der Waals surface area (Å²) < 4.78 is 1.80. The first-order valence-corrected chi connectivity index (χ1v) is 7.28. The Kier molecular flexibility index (Phi) is 3.66. The van der Waals surface area contributed by atoms with Crippen molar-refractivity contribution in [2.24, 2.45) is 7.05 Å². The highest BCUT2D eigenvalue weighted by atomic mass is 16.2. The van der Waals surface area contributed by atoms with Crippen molar-refractivity contribution in [1.82, 2.24) is 9.78 Å². The van der Waals surface area contributed by atoms with Crippen LogP contribution in [-0.4, -0.2) is 21.6 Å². The molecular weight excluding hydrogens is 280 g/mol. The standard InChI is InChI=1S/C16H18N4O2/c1-10(21)17-11-6-8-12(9-7-11)18-16(22)15-13-4-3-5-14(13)20(2)19-15/h6-9H,3-5H2,1-2H3,(H,17,21)(H,18,22). The third-order valence-electron chi connectivity index (χ3n) is 3.79. The number of benzene rings is 1. The van der Waals surface area contributed by atoms with Gasteiger partial charge in [0.25, 0.3) is 5.91 Å². The highest BCUT2D eigenvalue weighted by Crippen LogP contribution is 2.25. The molecule has 0 saturated heterocycles. The third-order valence-corrected chi connectivity index (χ3v) is 3.79. The lowest BCUT2D eigenvalue weighted by Crippen LogP contribution is -2.15. The zero-order valence-corrected chi connectivity index (χ0v) is 12.6. The van der Waals surface area contributed by atoms with Gasteiger partial charge in [-0.3, -0.25) is 14.3 Å². The molecule has 1 aromatic carbocycles. The zero-order chi connectivity index (χ0) is 15.7. The summed E-state index contributed by atoms with van der Waals surface area (Å²) >= 11 is 0. The summed E-state index contributed by atoms with van der Waals surface area (Å²) in [4.78, 5) is 23.4. The average molecular weight is 298 g/mol. The quantitative estimate of drug-likeness (QED) is 0.911. The van der Waals surface area contributed by atoms with E-state index < -0.39 is 0 Å². The van der Waals surface area contributed by atoms with E-state index in [9.17, 15) is 9.59 Å². The minimum Gasteiger partial charge on any atom is -0.326 e. The fourth-order valence-corrected chi connectivity index (χ4v) is 2.82. The number of hydrogen-bond acceptors (Lipinski definition) is 3. The van der Waals surface area contributed by atoms with Crippen LogP contribution in [0, 0.1) is 0 Å². The molecule has 1 aromatic heterocycles. The van der Waals surface area contributed by atoms with Crippen molar-refractivity contribution in [3.8, 4) is 0 Å². The van der Waals surface area contributed by atoms with E-state index in [1.54, 1.807) is 28.9 Å². The second-order valence-electron chi connectivity index (χ2n) is 5.46. The Hall–Kier alpha value is -2.63. The number of rotatable bonds is 3. The Morgan fingerprint density at radius 1 is 1.09 bits per heavy atom. The number of carbonyl (C=O) groups excluding carboxylic acids is 2. The van der Waals surface area contributed by atoms with Gasteiger partial charge in [-0.05, 0) is 43.5 Å². The number of amides is 2. The highest BCUT2D eigenvalue weighted by Gasteiger charge is 2.25. The molecule has 2 N–H and O–H groups in total. The van der Waals surface area contributed by atoms with E-state index in [0.717, 1.165) is 30.5 Å². The molecule has 0 aliphatic heterocycles. The number of nitrogens with one attached hydrogen (secondary N) is 2. The molecule has 0 fully saturated rings. The van der Waals surface area contributed by atoms with E-state index in [4.69, 9.17) is 0 Å². The molecule has 0 saturated carbocycles. The molecule has 114 valence electrons. The van der Waals surface area contributed by atoms with E-state index >= 15 is 0 Å².